The highest BCUT2D eigenvalue weighted by atomic mass is 32.1. The molecule has 0 saturated heterocycles. The second-order valence-electron chi connectivity index (χ2n) is 5.19. The molecule has 90 valence electrons. The summed E-state index contributed by atoms with van der Waals surface area (Å²) in [6.07, 6.45) is 8.68. The van der Waals surface area contributed by atoms with E-state index in [-0.39, 0.29) is 0 Å². The number of hydrogen-bond acceptors (Lipinski definition) is 1. The van der Waals surface area contributed by atoms with Gasteiger partial charge in [-0.1, -0.05) is 26.7 Å². The van der Waals surface area contributed by atoms with Crippen LogP contribution in [0, 0.1) is 16.6 Å². The predicted molar refractivity (Wildman–Crippen MR) is 70.1 cm³/mol. The van der Waals surface area contributed by atoms with Gasteiger partial charge in [-0.25, -0.2) is 0 Å². The van der Waals surface area contributed by atoms with E-state index in [0.717, 1.165) is 29.6 Å². The summed E-state index contributed by atoms with van der Waals surface area (Å²) in [7, 11) is 0. The molecule has 1 aromatic rings. The molecule has 1 aliphatic carbocycles. The second-order valence-corrected chi connectivity index (χ2v) is 5.57. The number of aromatic amines is 1. The lowest BCUT2D eigenvalue weighted by Crippen LogP contribution is -2.19. The number of rotatable bonds is 3. The number of nitrogens with zero attached hydrogens (tertiary/aromatic N) is 1. The van der Waals surface area contributed by atoms with Crippen LogP contribution >= 0.6 is 12.2 Å². The van der Waals surface area contributed by atoms with Gasteiger partial charge in [0.25, 0.3) is 0 Å². The standard InChI is InChI=1S/C13H22N2S/c1-3-12-8-14-13(16)15(12)9-11-6-4-5-10(2)7-11/h8,10-11H,3-7,9H2,1-2H3,(H,14,16). The van der Waals surface area contributed by atoms with Crippen LogP contribution in [-0.4, -0.2) is 9.55 Å². The zero-order chi connectivity index (χ0) is 11.5. The van der Waals surface area contributed by atoms with Crippen LogP contribution in [-0.2, 0) is 13.0 Å². The Hall–Kier alpha value is -0.570. The van der Waals surface area contributed by atoms with Crippen molar-refractivity contribution in [1.82, 2.24) is 9.55 Å². The molecule has 0 amide bonds. The highest BCUT2D eigenvalue weighted by molar-refractivity contribution is 7.71. The van der Waals surface area contributed by atoms with Gasteiger partial charge < -0.3 is 9.55 Å². The third-order valence-corrected chi connectivity index (χ3v) is 4.14. The van der Waals surface area contributed by atoms with E-state index in [1.165, 1.54) is 31.4 Å². The Labute approximate surface area is 103 Å². The molecule has 16 heavy (non-hydrogen) atoms. The average Bonchev–Trinajstić information content (AvgIpc) is 2.60. The van der Waals surface area contributed by atoms with Gasteiger partial charge in [0.15, 0.2) is 4.77 Å². The second kappa shape index (κ2) is 5.17. The largest absolute Gasteiger partial charge is 0.337 e. The zero-order valence-electron chi connectivity index (χ0n) is 10.3. The van der Waals surface area contributed by atoms with Gasteiger partial charge in [-0.3, -0.25) is 0 Å². The SMILES string of the molecule is CCc1c[nH]c(=S)n1CC1CCCC(C)C1. The van der Waals surface area contributed by atoms with Gasteiger partial charge in [0, 0.05) is 18.4 Å². The number of H-pyrrole nitrogens is 1. The predicted octanol–water partition coefficient (Wildman–Crippen LogP) is 3.93. The third kappa shape index (κ3) is 2.57. The van der Waals surface area contributed by atoms with Crippen LogP contribution in [0.2, 0.25) is 0 Å². The smallest absolute Gasteiger partial charge is 0.177 e. The Morgan fingerprint density at radius 1 is 1.50 bits per heavy atom. The molecule has 0 radical (unpaired) electrons. The van der Waals surface area contributed by atoms with E-state index in [1.807, 2.05) is 0 Å². The van der Waals surface area contributed by atoms with Crippen molar-refractivity contribution in [3.05, 3.63) is 16.7 Å². The number of aromatic nitrogens is 2. The van der Waals surface area contributed by atoms with Gasteiger partial charge in [0.05, 0.1) is 0 Å². The van der Waals surface area contributed by atoms with Crippen LogP contribution in [0.15, 0.2) is 6.20 Å². The fourth-order valence-electron chi connectivity index (χ4n) is 2.91. The van der Waals surface area contributed by atoms with E-state index in [2.05, 4.69) is 29.6 Å². The van der Waals surface area contributed by atoms with Gasteiger partial charge in [0.2, 0.25) is 0 Å². The van der Waals surface area contributed by atoms with Crippen LogP contribution in [0.25, 0.3) is 0 Å². The summed E-state index contributed by atoms with van der Waals surface area (Å²) >= 11 is 5.34. The van der Waals surface area contributed by atoms with E-state index >= 15 is 0 Å². The van der Waals surface area contributed by atoms with Crippen LogP contribution in [0.1, 0.15) is 45.2 Å². The first-order chi connectivity index (χ1) is 7.70. The van der Waals surface area contributed by atoms with E-state index in [9.17, 15) is 0 Å². The molecule has 3 heteroatoms. The molecule has 0 aromatic carbocycles. The molecule has 0 bridgehead atoms. The Kier molecular flexibility index (Phi) is 3.85. The average molecular weight is 238 g/mol. The monoisotopic (exact) mass is 238 g/mol. The number of imidazole rings is 1. The molecule has 1 fully saturated rings. The minimum Gasteiger partial charge on any atom is -0.337 e. The maximum atomic E-state index is 5.34. The van der Waals surface area contributed by atoms with Gasteiger partial charge in [-0.15, -0.1) is 0 Å². The Balaban J connectivity index is 2.07. The van der Waals surface area contributed by atoms with E-state index in [4.69, 9.17) is 12.2 Å². The van der Waals surface area contributed by atoms with Crippen molar-refractivity contribution in [3.63, 3.8) is 0 Å². The fraction of sp³-hybridized carbons (Fsp3) is 0.769. The summed E-state index contributed by atoms with van der Waals surface area (Å²) in [4.78, 5) is 3.17. The van der Waals surface area contributed by atoms with Crippen LogP contribution in [0.4, 0.5) is 0 Å². The Morgan fingerprint density at radius 2 is 2.31 bits per heavy atom. The highest BCUT2D eigenvalue weighted by Gasteiger charge is 2.20. The molecule has 2 atom stereocenters. The van der Waals surface area contributed by atoms with Crippen molar-refractivity contribution in [2.75, 3.05) is 0 Å². The molecular weight excluding hydrogens is 216 g/mol. The van der Waals surface area contributed by atoms with Crippen LogP contribution < -0.4 is 0 Å². The van der Waals surface area contributed by atoms with Crippen molar-refractivity contribution in [2.24, 2.45) is 11.8 Å². The lowest BCUT2D eigenvalue weighted by Gasteiger charge is -2.27. The van der Waals surface area contributed by atoms with Crippen molar-refractivity contribution < 1.29 is 0 Å². The van der Waals surface area contributed by atoms with Crippen LogP contribution in [0.5, 0.6) is 0 Å². The first-order valence-corrected chi connectivity index (χ1v) is 6.88. The number of hydrogen-bond donors (Lipinski definition) is 1. The number of nitrogens with one attached hydrogen (secondary N) is 1. The molecule has 0 spiro atoms. The van der Waals surface area contributed by atoms with Crippen LogP contribution in [0.3, 0.4) is 0 Å². The molecular formula is C13H22N2S. The van der Waals surface area contributed by atoms with E-state index in [0.29, 0.717) is 0 Å². The molecule has 1 aliphatic rings. The molecule has 2 rings (SSSR count). The highest BCUT2D eigenvalue weighted by Crippen LogP contribution is 2.30. The summed E-state index contributed by atoms with van der Waals surface area (Å²) in [6.45, 7) is 5.69. The minimum absolute atomic E-state index is 0.830. The molecule has 0 aliphatic heterocycles. The lowest BCUT2D eigenvalue weighted by atomic mass is 9.82. The Morgan fingerprint density at radius 3 is 3.00 bits per heavy atom. The normalized spacial score (nSPS) is 25.9. The first-order valence-electron chi connectivity index (χ1n) is 6.47. The van der Waals surface area contributed by atoms with Gasteiger partial charge in [0.1, 0.15) is 0 Å². The minimum atomic E-state index is 0.830. The summed E-state index contributed by atoms with van der Waals surface area (Å²) in [5.41, 5.74) is 1.35. The summed E-state index contributed by atoms with van der Waals surface area (Å²) < 4.78 is 3.20. The summed E-state index contributed by atoms with van der Waals surface area (Å²) in [5.74, 6) is 1.73. The molecule has 1 heterocycles. The molecule has 1 aromatic heterocycles. The zero-order valence-corrected chi connectivity index (χ0v) is 11.1. The lowest BCUT2D eigenvalue weighted by molar-refractivity contribution is 0.254. The quantitative estimate of drug-likeness (QED) is 0.791. The number of aryl methyl sites for hydroxylation is 1. The van der Waals surface area contributed by atoms with Crippen molar-refractivity contribution in [2.45, 2.75) is 52.5 Å². The maximum absolute atomic E-state index is 5.34. The first kappa shape index (κ1) is 11.9. The summed E-state index contributed by atoms with van der Waals surface area (Å²) in [5, 5.41) is 0. The molecule has 1 N–H and O–H groups in total. The third-order valence-electron chi connectivity index (χ3n) is 3.80. The van der Waals surface area contributed by atoms with Gasteiger partial charge in [-0.05, 0) is 43.3 Å². The molecule has 1 saturated carbocycles. The molecule has 2 nitrogen and oxygen atoms in total. The van der Waals surface area contributed by atoms with Gasteiger partial charge in [-0.2, -0.15) is 0 Å². The van der Waals surface area contributed by atoms with E-state index in [1.54, 1.807) is 0 Å². The van der Waals surface area contributed by atoms with E-state index < -0.39 is 0 Å². The van der Waals surface area contributed by atoms with Crippen molar-refractivity contribution in [3.8, 4) is 0 Å². The van der Waals surface area contributed by atoms with Crippen molar-refractivity contribution >= 4 is 12.2 Å². The fourth-order valence-corrected chi connectivity index (χ4v) is 3.16. The summed E-state index contributed by atoms with van der Waals surface area (Å²) in [6, 6.07) is 0. The van der Waals surface area contributed by atoms with Gasteiger partial charge >= 0.3 is 0 Å². The Bertz CT molecular complexity index is 391. The maximum Gasteiger partial charge on any atom is 0.177 e. The topological polar surface area (TPSA) is 20.7 Å². The molecule has 2 unspecified atom stereocenters. The van der Waals surface area contributed by atoms with Crippen molar-refractivity contribution in [1.29, 1.82) is 0 Å².